The number of aromatic nitrogens is 1. The summed E-state index contributed by atoms with van der Waals surface area (Å²) in [6.45, 7) is 2.87. The van der Waals surface area contributed by atoms with E-state index in [1.165, 1.54) is 21.2 Å². The van der Waals surface area contributed by atoms with Gasteiger partial charge in [-0.2, -0.15) is 0 Å². The number of hydrogen-bond donors (Lipinski definition) is 1. The lowest BCUT2D eigenvalue weighted by Gasteiger charge is -2.07. The predicted octanol–water partition coefficient (Wildman–Crippen LogP) is 4.22. The number of fused-ring (bicyclic) bond motifs is 1. The van der Waals surface area contributed by atoms with Crippen LogP contribution in [0.25, 0.3) is 10.1 Å². The van der Waals surface area contributed by atoms with Crippen LogP contribution >= 0.6 is 11.3 Å². The summed E-state index contributed by atoms with van der Waals surface area (Å²) >= 11 is 1.77. The van der Waals surface area contributed by atoms with Crippen molar-refractivity contribution < 1.29 is 0 Å². The molecule has 2 nitrogen and oxygen atoms in total. The maximum Gasteiger partial charge on any atom is 0.0416 e. The fourth-order valence-electron chi connectivity index (χ4n) is 1.99. The standard InChI is InChI=1S/C15H14N2S/c1-11-6-12(9-16-8-11)10-17-14-2-3-15-13(7-14)4-5-18-15/h2-9,17H,10H2,1H3. The van der Waals surface area contributed by atoms with Crippen LogP contribution in [0.4, 0.5) is 5.69 Å². The van der Waals surface area contributed by atoms with Crippen molar-refractivity contribution in [3.8, 4) is 0 Å². The highest BCUT2D eigenvalue weighted by molar-refractivity contribution is 7.17. The third-order valence-corrected chi connectivity index (χ3v) is 3.78. The molecule has 0 spiro atoms. The van der Waals surface area contributed by atoms with Gasteiger partial charge in [-0.1, -0.05) is 6.07 Å². The summed E-state index contributed by atoms with van der Waals surface area (Å²) in [7, 11) is 0. The molecule has 0 aliphatic rings. The molecule has 0 atom stereocenters. The van der Waals surface area contributed by atoms with Gasteiger partial charge in [-0.3, -0.25) is 4.98 Å². The van der Waals surface area contributed by atoms with Gasteiger partial charge in [0.2, 0.25) is 0 Å². The Balaban J connectivity index is 1.76. The molecule has 0 bridgehead atoms. The number of nitrogens with one attached hydrogen (secondary N) is 1. The monoisotopic (exact) mass is 254 g/mol. The summed E-state index contributed by atoms with van der Waals surface area (Å²) in [6, 6.07) is 10.8. The lowest BCUT2D eigenvalue weighted by atomic mass is 10.2. The van der Waals surface area contributed by atoms with Crippen molar-refractivity contribution in [2.75, 3.05) is 5.32 Å². The molecule has 3 heteroatoms. The van der Waals surface area contributed by atoms with E-state index in [9.17, 15) is 0 Å². The first-order valence-corrected chi connectivity index (χ1v) is 6.81. The minimum absolute atomic E-state index is 0.810. The van der Waals surface area contributed by atoms with Gasteiger partial charge in [0.15, 0.2) is 0 Å². The molecule has 0 radical (unpaired) electrons. The summed E-state index contributed by atoms with van der Waals surface area (Å²) in [4.78, 5) is 4.20. The van der Waals surface area contributed by atoms with E-state index in [2.05, 4.69) is 52.9 Å². The zero-order valence-electron chi connectivity index (χ0n) is 10.2. The Kier molecular flexibility index (Phi) is 2.99. The topological polar surface area (TPSA) is 24.9 Å². The first-order chi connectivity index (χ1) is 8.81. The van der Waals surface area contributed by atoms with Crippen molar-refractivity contribution in [3.05, 3.63) is 59.2 Å². The highest BCUT2D eigenvalue weighted by Gasteiger charge is 1.98. The number of thiophene rings is 1. The lowest BCUT2D eigenvalue weighted by molar-refractivity contribution is 1.10. The van der Waals surface area contributed by atoms with Crippen LogP contribution in [0.3, 0.4) is 0 Å². The van der Waals surface area contributed by atoms with Crippen LogP contribution in [0.15, 0.2) is 48.1 Å². The van der Waals surface area contributed by atoms with Crippen molar-refractivity contribution in [2.45, 2.75) is 13.5 Å². The van der Waals surface area contributed by atoms with Crippen LogP contribution in [-0.2, 0) is 6.54 Å². The number of nitrogens with zero attached hydrogens (tertiary/aromatic N) is 1. The molecule has 0 amide bonds. The second-order valence-electron chi connectivity index (χ2n) is 4.40. The number of aryl methyl sites for hydroxylation is 1. The Labute approximate surface area is 110 Å². The van der Waals surface area contributed by atoms with Crippen LogP contribution in [0, 0.1) is 6.92 Å². The molecule has 2 aromatic heterocycles. The molecule has 0 aliphatic carbocycles. The summed E-state index contributed by atoms with van der Waals surface area (Å²) in [5.74, 6) is 0. The van der Waals surface area contributed by atoms with Gasteiger partial charge in [0.25, 0.3) is 0 Å². The molecule has 1 N–H and O–H groups in total. The summed E-state index contributed by atoms with van der Waals surface area (Å²) in [5, 5.41) is 6.86. The Morgan fingerprint density at radius 2 is 2.11 bits per heavy atom. The SMILES string of the molecule is Cc1cncc(CNc2ccc3sccc3c2)c1. The fourth-order valence-corrected chi connectivity index (χ4v) is 2.77. The summed E-state index contributed by atoms with van der Waals surface area (Å²) in [6.07, 6.45) is 3.78. The molecule has 0 fully saturated rings. The molecule has 0 saturated carbocycles. The van der Waals surface area contributed by atoms with Crippen molar-refractivity contribution in [1.29, 1.82) is 0 Å². The molecule has 3 rings (SSSR count). The van der Waals surface area contributed by atoms with E-state index in [0.717, 1.165) is 12.2 Å². The molecule has 18 heavy (non-hydrogen) atoms. The van der Waals surface area contributed by atoms with Crippen LogP contribution < -0.4 is 5.32 Å². The molecular formula is C15H14N2S. The van der Waals surface area contributed by atoms with Gasteiger partial charge in [0.1, 0.15) is 0 Å². The summed E-state index contributed by atoms with van der Waals surface area (Å²) < 4.78 is 1.33. The minimum Gasteiger partial charge on any atom is -0.381 e. The second kappa shape index (κ2) is 4.78. The molecule has 0 aliphatic heterocycles. The Hall–Kier alpha value is -1.87. The van der Waals surface area contributed by atoms with E-state index in [-0.39, 0.29) is 0 Å². The van der Waals surface area contributed by atoms with Gasteiger partial charge >= 0.3 is 0 Å². The Morgan fingerprint density at radius 3 is 3.00 bits per heavy atom. The average molecular weight is 254 g/mol. The first kappa shape index (κ1) is 11.2. The second-order valence-corrected chi connectivity index (χ2v) is 5.34. The smallest absolute Gasteiger partial charge is 0.0416 e. The molecule has 90 valence electrons. The van der Waals surface area contributed by atoms with Crippen molar-refractivity contribution in [1.82, 2.24) is 4.98 Å². The lowest BCUT2D eigenvalue weighted by Crippen LogP contribution is -1.99. The fraction of sp³-hybridized carbons (Fsp3) is 0.133. The highest BCUT2D eigenvalue weighted by Crippen LogP contribution is 2.24. The van der Waals surface area contributed by atoms with Gasteiger partial charge in [0, 0.05) is 29.3 Å². The van der Waals surface area contributed by atoms with Crippen LogP contribution in [-0.4, -0.2) is 4.98 Å². The van der Waals surface area contributed by atoms with Gasteiger partial charge in [-0.15, -0.1) is 11.3 Å². The zero-order chi connectivity index (χ0) is 12.4. The van der Waals surface area contributed by atoms with E-state index >= 15 is 0 Å². The van der Waals surface area contributed by atoms with Crippen LogP contribution in [0.2, 0.25) is 0 Å². The van der Waals surface area contributed by atoms with Gasteiger partial charge in [0.05, 0.1) is 0 Å². The quantitative estimate of drug-likeness (QED) is 0.757. The van der Waals surface area contributed by atoms with Crippen LogP contribution in [0.1, 0.15) is 11.1 Å². The minimum atomic E-state index is 0.810. The molecular weight excluding hydrogens is 240 g/mol. The Bertz CT molecular complexity index is 673. The van der Waals surface area contributed by atoms with Crippen molar-refractivity contribution >= 4 is 27.1 Å². The maximum absolute atomic E-state index is 4.20. The third-order valence-electron chi connectivity index (χ3n) is 2.88. The van der Waals surface area contributed by atoms with Crippen LogP contribution in [0.5, 0.6) is 0 Å². The number of pyridine rings is 1. The largest absolute Gasteiger partial charge is 0.381 e. The Morgan fingerprint density at radius 1 is 1.17 bits per heavy atom. The molecule has 2 heterocycles. The molecule has 0 unspecified atom stereocenters. The third kappa shape index (κ3) is 2.36. The molecule has 3 aromatic rings. The zero-order valence-corrected chi connectivity index (χ0v) is 11.0. The predicted molar refractivity (Wildman–Crippen MR) is 78.1 cm³/mol. The first-order valence-electron chi connectivity index (χ1n) is 5.93. The normalized spacial score (nSPS) is 10.7. The van der Waals surface area contributed by atoms with Crippen molar-refractivity contribution in [3.63, 3.8) is 0 Å². The average Bonchev–Trinajstić information content (AvgIpc) is 2.84. The van der Waals surface area contributed by atoms with E-state index < -0.39 is 0 Å². The molecule has 0 saturated heterocycles. The number of hydrogen-bond acceptors (Lipinski definition) is 3. The van der Waals surface area contributed by atoms with E-state index in [1.807, 2.05) is 12.4 Å². The summed E-state index contributed by atoms with van der Waals surface area (Å²) in [5.41, 5.74) is 3.56. The number of rotatable bonds is 3. The van der Waals surface area contributed by atoms with E-state index in [1.54, 1.807) is 11.3 Å². The number of anilines is 1. The van der Waals surface area contributed by atoms with Gasteiger partial charge in [-0.25, -0.2) is 0 Å². The maximum atomic E-state index is 4.20. The van der Waals surface area contributed by atoms with E-state index in [4.69, 9.17) is 0 Å². The van der Waals surface area contributed by atoms with Crippen molar-refractivity contribution in [2.24, 2.45) is 0 Å². The van der Waals surface area contributed by atoms with Gasteiger partial charge < -0.3 is 5.32 Å². The van der Waals surface area contributed by atoms with E-state index in [0.29, 0.717) is 0 Å². The van der Waals surface area contributed by atoms with Gasteiger partial charge in [-0.05, 0) is 53.1 Å². The molecule has 1 aromatic carbocycles. The number of benzene rings is 1. The highest BCUT2D eigenvalue weighted by atomic mass is 32.1.